The Balaban J connectivity index is 2.40. The smallest absolute Gasteiger partial charge is 0.336 e. The minimum atomic E-state index is -1.09. The summed E-state index contributed by atoms with van der Waals surface area (Å²) in [7, 11) is 2.82. The van der Waals surface area contributed by atoms with Gasteiger partial charge in [0.15, 0.2) is 0 Å². The number of rotatable bonds is 5. The maximum atomic E-state index is 11.2. The van der Waals surface area contributed by atoms with Crippen molar-refractivity contribution in [3.63, 3.8) is 0 Å². The van der Waals surface area contributed by atoms with Crippen molar-refractivity contribution in [1.29, 1.82) is 0 Å². The van der Waals surface area contributed by atoms with Gasteiger partial charge in [-0.15, -0.1) is 4.98 Å². The Hall–Kier alpha value is -2.06. The van der Waals surface area contributed by atoms with E-state index in [2.05, 4.69) is 15.0 Å². The Kier molecular flexibility index (Phi) is 4.81. The van der Waals surface area contributed by atoms with Gasteiger partial charge < -0.3 is 14.6 Å². The Labute approximate surface area is 129 Å². The van der Waals surface area contributed by atoms with Gasteiger partial charge in [-0.05, 0) is 30.0 Å². The number of aromatic nitrogens is 3. The topological polar surface area (TPSA) is 94.4 Å². The second-order valence-corrected chi connectivity index (χ2v) is 5.08. The fraction of sp³-hybridized carbons (Fsp3) is 0.167. The van der Waals surface area contributed by atoms with E-state index in [0.29, 0.717) is 9.92 Å². The molecule has 2 rings (SSSR count). The van der Waals surface area contributed by atoms with Crippen molar-refractivity contribution >= 4 is 29.3 Å². The summed E-state index contributed by atoms with van der Waals surface area (Å²) >= 11 is 6.85. The standard InChI is InChI=1S/C12H10ClN3O4S/c1-19-10-14-11(20-2)16-12(15-10)21-8-4-3-6(13)5-7(8)9(17)18/h3-5H,1-2H3,(H,17,18). The number of hydrogen-bond acceptors (Lipinski definition) is 7. The highest BCUT2D eigenvalue weighted by Crippen LogP contribution is 2.31. The third kappa shape index (κ3) is 3.73. The van der Waals surface area contributed by atoms with Crippen molar-refractivity contribution in [3.05, 3.63) is 28.8 Å². The lowest BCUT2D eigenvalue weighted by atomic mass is 10.2. The third-order valence-electron chi connectivity index (χ3n) is 2.31. The Morgan fingerprint density at radius 1 is 1.19 bits per heavy atom. The summed E-state index contributed by atoms with van der Waals surface area (Å²) < 4.78 is 9.88. The van der Waals surface area contributed by atoms with Crippen LogP contribution in [0.4, 0.5) is 0 Å². The van der Waals surface area contributed by atoms with Crippen molar-refractivity contribution in [1.82, 2.24) is 15.0 Å². The van der Waals surface area contributed by atoms with Crippen LogP contribution in [-0.2, 0) is 0 Å². The Bertz CT molecular complexity index is 661. The molecule has 9 heteroatoms. The van der Waals surface area contributed by atoms with Gasteiger partial charge in [0.05, 0.1) is 19.8 Å². The van der Waals surface area contributed by atoms with Crippen LogP contribution in [0, 0.1) is 0 Å². The maximum absolute atomic E-state index is 11.2. The molecule has 0 atom stereocenters. The maximum Gasteiger partial charge on any atom is 0.336 e. The van der Waals surface area contributed by atoms with Crippen LogP contribution in [0.1, 0.15) is 10.4 Å². The van der Waals surface area contributed by atoms with Gasteiger partial charge in [0.25, 0.3) is 0 Å². The summed E-state index contributed by atoms with van der Waals surface area (Å²) in [5.41, 5.74) is 0.0610. The zero-order valence-electron chi connectivity index (χ0n) is 11.0. The summed E-state index contributed by atoms with van der Waals surface area (Å²) in [6.45, 7) is 0. The van der Waals surface area contributed by atoms with Crippen LogP contribution in [0.3, 0.4) is 0 Å². The van der Waals surface area contributed by atoms with Crippen LogP contribution in [0.5, 0.6) is 12.0 Å². The molecular formula is C12H10ClN3O4S. The molecular weight excluding hydrogens is 318 g/mol. The van der Waals surface area contributed by atoms with E-state index in [9.17, 15) is 9.90 Å². The van der Waals surface area contributed by atoms with Gasteiger partial charge in [0.1, 0.15) is 0 Å². The molecule has 2 aromatic rings. The first-order valence-electron chi connectivity index (χ1n) is 5.58. The number of ether oxygens (including phenoxy) is 2. The van der Waals surface area contributed by atoms with Crippen molar-refractivity contribution in [2.75, 3.05) is 14.2 Å². The lowest BCUT2D eigenvalue weighted by Crippen LogP contribution is -2.02. The van der Waals surface area contributed by atoms with E-state index in [0.717, 1.165) is 11.8 Å². The van der Waals surface area contributed by atoms with Crippen LogP contribution >= 0.6 is 23.4 Å². The molecule has 1 aromatic heterocycles. The first-order chi connectivity index (χ1) is 10.0. The van der Waals surface area contributed by atoms with E-state index in [1.54, 1.807) is 12.1 Å². The van der Waals surface area contributed by atoms with Gasteiger partial charge in [0, 0.05) is 9.92 Å². The fourth-order valence-electron chi connectivity index (χ4n) is 1.41. The van der Waals surface area contributed by atoms with Gasteiger partial charge in [-0.25, -0.2) is 4.79 Å². The lowest BCUT2D eigenvalue weighted by Gasteiger charge is -2.07. The molecule has 110 valence electrons. The van der Waals surface area contributed by atoms with Gasteiger partial charge in [-0.2, -0.15) is 9.97 Å². The molecule has 0 amide bonds. The predicted molar refractivity (Wildman–Crippen MR) is 75.5 cm³/mol. The molecule has 0 bridgehead atoms. The van der Waals surface area contributed by atoms with Crippen molar-refractivity contribution < 1.29 is 19.4 Å². The number of methoxy groups -OCH3 is 2. The molecule has 1 N–H and O–H groups in total. The average molecular weight is 328 g/mol. The van der Waals surface area contributed by atoms with Crippen LogP contribution in [-0.4, -0.2) is 40.2 Å². The van der Waals surface area contributed by atoms with Crippen LogP contribution in [0.2, 0.25) is 5.02 Å². The number of carboxylic acid groups (broad SMARTS) is 1. The van der Waals surface area contributed by atoms with Crippen LogP contribution in [0.15, 0.2) is 28.3 Å². The minimum Gasteiger partial charge on any atom is -0.478 e. The monoisotopic (exact) mass is 327 g/mol. The second kappa shape index (κ2) is 6.59. The molecule has 21 heavy (non-hydrogen) atoms. The number of carboxylic acids is 1. The summed E-state index contributed by atoms with van der Waals surface area (Å²) in [6, 6.07) is 4.69. The molecule has 0 unspecified atom stereocenters. The third-order valence-corrected chi connectivity index (χ3v) is 3.49. The van der Waals surface area contributed by atoms with Gasteiger partial charge in [-0.3, -0.25) is 0 Å². The largest absolute Gasteiger partial charge is 0.478 e. The molecule has 0 spiro atoms. The zero-order chi connectivity index (χ0) is 15.4. The highest BCUT2D eigenvalue weighted by Gasteiger charge is 2.15. The van der Waals surface area contributed by atoms with Crippen molar-refractivity contribution in [2.24, 2.45) is 0 Å². The highest BCUT2D eigenvalue weighted by atomic mass is 35.5. The van der Waals surface area contributed by atoms with E-state index in [1.165, 1.54) is 20.3 Å². The Morgan fingerprint density at radius 3 is 2.33 bits per heavy atom. The summed E-state index contributed by atoms with van der Waals surface area (Å²) in [5, 5.41) is 9.78. The molecule has 1 aromatic carbocycles. The number of hydrogen-bond donors (Lipinski definition) is 1. The van der Waals surface area contributed by atoms with E-state index < -0.39 is 5.97 Å². The second-order valence-electron chi connectivity index (χ2n) is 3.64. The molecule has 0 saturated heterocycles. The quantitative estimate of drug-likeness (QED) is 0.894. The van der Waals surface area contributed by atoms with E-state index in [1.807, 2.05) is 0 Å². The summed E-state index contributed by atoms with van der Waals surface area (Å²) in [6.07, 6.45) is 0. The number of aromatic carboxylic acids is 1. The number of nitrogens with zero attached hydrogens (tertiary/aromatic N) is 3. The SMILES string of the molecule is COc1nc(OC)nc(Sc2ccc(Cl)cc2C(=O)O)n1. The fourth-order valence-corrected chi connectivity index (χ4v) is 2.41. The molecule has 1 heterocycles. The normalized spacial score (nSPS) is 10.2. The van der Waals surface area contributed by atoms with Gasteiger partial charge in [-0.1, -0.05) is 11.6 Å². The molecule has 0 aliphatic carbocycles. The van der Waals surface area contributed by atoms with Crippen LogP contribution < -0.4 is 9.47 Å². The molecule has 7 nitrogen and oxygen atoms in total. The first kappa shape index (κ1) is 15.3. The highest BCUT2D eigenvalue weighted by molar-refractivity contribution is 7.99. The van der Waals surface area contributed by atoms with Gasteiger partial charge in [0.2, 0.25) is 5.16 Å². The minimum absolute atomic E-state index is 0.0610. The average Bonchev–Trinajstić information content (AvgIpc) is 2.48. The lowest BCUT2D eigenvalue weighted by molar-refractivity contribution is 0.0693. The van der Waals surface area contributed by atoms with Crippen LogP contribution in [0.25, 0.3) is 0 Å². The van der Waals surface area contributed by atoms with Crippen molar-refractivity contribution in [3.8, 4) is 12.0 Å². The number of benzene rings is 1. The predicted octanol–water partition coefficient (Wildman–Crippen LogP) is 2.39. The molecule has 0 aliphatic rings. The molecule has 0 saturated carbocycles. The molecule has 0 aliphatic heterocycles. The first-order valence-corrected chi connectivity index (χ1v) is 6.77. The van der Waals surface area contributed by atoms with Crippen molar-refractivity contribution in [2.45, 2.75) is 10.1 Å². The summed E-state index contributed by atoms with van der Waals surface area (Å²) in [5.74, 6) is -1.09. The molecule has 0 fully saturated rings. The Morgan fingerprint density at radius 2 is 1.81 bits per heavy atom. The number of carbonyl (C=O) groups is 1. The van der Waals surface area contributed by atoms with E-state index >= 15 is 0 Å². The zero-order valence-corrected chi connectivity index (χ0v) is 12.6. The summed E-state index contributed by atoms with van der Waals surface area (Å²) in [4.78, 5) is 23.6. The van der Waals surface area contributed by atoms with Gasteiger partial charge >= 0.3 is 18.0 Å². The molecule has 0 radical (unpaired) electrons. The number of halogens is 1. The van der Waals surface area contributed by atoms with E-state index in [-0.39, 0.29) is 22.7 Å². The van der Waals surface area contributed by atoms with E-state index in [4.69, 9.17) is 21.1 Å².